The maximum Gasteiger partial charge on any atom is 0.236 e. The van der Waals surface area contributed by atoms with Gasteiger partial charge in [-0.05, 0) is 64.9 Å². The predicted molar refractivity (Wildman–Crippen MR) is 109 cm³/mol. The molecule has 2 aliphatic rings. The highest BCUT2D eigenvalue weighted by Crippen LogP contribution is 2.22. The lowest BCUT2D eigenvalue weighted by Crippen LogP contribution is -2.46. The van der Waals surface area contributed by atoms with Crippen LogP contribution in [-0.4, -0.2) is 80.1 Å². The number of amides is 1. The lowest BCUT2D eigenvalue weighted by molar-refractivity contribution is -0.134. The van der Waals surface area contributed by atoms with E-state index >= 15 is 0 Å². The third-order valence-electron chi connectivity index (χ3n) is 5.79. The Morgan fingerprint density at radius 2 is 1.93 bits per heavy atom. The molecule has 6 heteroatoms. The summed E-state index contributed by atoms with van der Waals surface area (Å²) < 4.78 is 19.7. The van der Waals surface area contributed by atoms with E-state index < -0.39 is 0 Å². The van der Waals surface area contributed by atoms with Crippen LogP contribution in [0.15, 0.2) is 24.3 Å². The lowest BCUT2D eigenvalue weighted by Gasteiger charge is -2.36. The van der Waals surface area contributed by atoms with Crippen molar-refractivity contribution in [2.45, 2.75) is 38.3 Å². The molecule has 0 spiro atoms. The van der Waals surface area contributed by atoms with Gasteiger partial charge in [0.25, 0.3) is 0 Å². The number of piperidine rings is 1. The van der Waals surface area contributed by atoms with Crippen LogP contribution in [0.1, 0.15) is 31.2 Å². The van der Waals surface area contributed by atoms with Gasteiger partial charge in [0.15, 0.2) is 0 Å². The number of likely N-dealkylation sites (tertiary alicyclic amines) is 1. The molecule has 0 aliphatic carbocycles. The Hall–Kier alpha value is -1.50. The molecule has 28 heavy (non-hydrogen) atoms. The summed E-state index contributed by atoms with van der Waals surface area (Å²) in [7, 11) is 3.87. The zero-order chi connectivity index (χ0) is 19.9. The third kappa shape index (κ3) is 6.26. The van der Waals surface area contributed by atoms with Crippen LogP contribution in [0, 0.1) is 11.7 Å². The number of carbonyl (C=O) groups is 1. The van der Waals surface area contributed by atoms with Gasteiger partial charge in [-0.1, -0.05) is 18.2 Å². The molecule has 3 rings (SSSR count). The number of hydrogen-bond donors (Lipinski definition) is 0. The van der Waals surface area contributed by atoms with E-state index in [0.29, 0.717) is 25.6 Å². The summed E-state index contributed by atoms with van der Waals surface area (Å²) >= 11 is 0. The van der Waals surface area contributed by atoms with Gasteiger partial charge in [-0.2, -0.15) is 0 Å². The monoisotopic (exact) mass is 391 g/mol. The van der Waals surface area contributed by atoms with Crippen molar-refractivity contribution in [3.05, 3.63) is 35.6 Å². The van der Waals surface area contributed by atoms with Crippen molar-refractivity contribution in [1.29, 1.82) is 0 Å². The average Bonchev–Trinajstić information content (AvgIpc) is 3.17. The van der Waals surface area contributed by atoms with Crippen LogP contribution in [0.5, 0.6) is 0 Å². The van der Waals surface area contributed by atoms with Crippen molar-refractivity contribution in [2.24, 2.45) is 5.92 Å². The first-order valence-electron chi connectivity index (χ1n) is 10.5. The number of halogens is 1. The van der Waals surface area contributed by atoms with Crippen LogP contribution < -0.4 is 0 Å². The second-order valence-corrected chi connectivity index (χ2v) is 8.48. The Bertz CT molecular complexity index is 626. The van der Waals surface area contributed by atoms with E-state index in [0.717, 1.165) is 57.5 Å². The summed E-state index contributed by atoms with van der Waals surface area (Å²) in [6, 6.07) is 7.02. The molecule has 0 bridgehead atoms. The topological polar surface area (TPSA) is 36.0 Å². The second-order valence-electron chi connectivity index (χ2n) is 8.48. The highest BCUT2D eigenvalue weighted by molar-refractivity contribution is 5.78. The van der Waals surface area contributed by atoms with E-state index in [1.54, 1.807) is 6.07 Å². The van der Waals surface area contributed by atoms with E-state index in [1.807, 2.05) is 36.0 Å². The fourth-order valence-electron chi connectivity index (χ4n) is 4.19. The minimum Gasteiger partial charge on any atom is -0.376 e. The van der Waals surface area contributed by atoms with Crippen LogP contribution in [-0.2, 0) is 16.1 Å². The summed E-state index contributed by atoms with van der Waals surface area (Å²) in [5.74, 6) is 0.570. The molecule has 0 radical (unpaired) electrons. The molecule has 1 atom stereocenters. The third-order valence-corrected chi connectivity index (χ3v) is 5.79. The largest absolute Gasteiger partial charge is 0.376 e. The van der Waals surface area contributed by atoms with Gasteiger partial charge in [-0.3, -0.25) is 9.69 Å². The number of carbonyl (C=O) groups excluding carboxylic acids is 1. The molecule has 2 saturated heterocycles. The van der Waals surface area contributed by atoms with Gasteiger partial charge < -0.3 is 14.5 Å². The molecule has 5 nitrogen and oxygen atoms in total. The fraction of sp³-hybridized carbons (Fsp3) is 0.682. The van der Waals surface area contributed by atoms with Crippen LogP contribution in [0.3, 0.4) is 0 Å². The highest BCUT2D eigenvalue weighted by Gasteiger charge is 2.27. The number of nitrogens with zero attached hydrogens (tertiary/aromatic N) is 3. The molecule has 2 aliphatic heterocycles. The number of likely N-dealkylation sites (N-methyl/N-ethyl adjacent to an activating group) is 1. The fourth-order valence-corrected chi connectivity index (χ4v) is 4.19. The molecule has 1 amide bonds. The maximum atomic E-state index is 13.9. The molecule has 2 fully saturated rings. The van der Waals surface area contributed by atoms with Crippen molar-refractivity contribution >= 4 is 5.91 Å². The minimum atomic E-state index is -0.123. The first-order valence-corrected chi connectivity index (χ1v) is 10.5. The van der Waals surface area contributed by atoms with Crippen LogP contribution in [0.4, 0.5) is 4.39 Å². The number of hydrogen-bond acceptors (Lipinski definition) is 4. The maximum absolute atomic E-state index is 13.9. The van der Waals surface area contributed by atoms with Gasteiger partial charge in [0.05, 0.1) is 12.6 Å². The summed E-state index contributed by atoms with van der Waals surface area (Å²) in [6.07, 6.45) is 4.42. The molecule has 1 unspecified atom stereocenters. The molecule has 0 saturated carbocycles. The summed E-state index contributed by atoms with van der Waals surface area (Å²) in [4.78, 5) is 19.0. The smallest absolute Gasteiger partial charge is 0.236 e. The molecule has 1 aromatic rings. The van der Waals surface area contributed by atoms with E-state index in [-0.39, 0.29) is 17.8 Å². The van der Waals surface area contributed by atoms with Gasteiger partial charge in [0.1, 0.15) is 5.82 Å². The number of benzene rings is 1. The molecular weight excluding hydrogens is 357 g/mol. The van der Waals surface area contributed by atoms with Crippen LogP contribution >= 0.6 is 0 Å². The average molecular weight is 392 g/mol. The molecule has 156 valence electrons. The zero-order valence-electron chi connectivity index (χ0n) is 17.3. The van der Waals surface area contributed by atoms with E-state index in [9.17, 15) is 9.18 Å². The lowest BCUT2D eigenvalue weighted by atomic mass is 9.95. The Morgan fingerprint density at radius 3 is 2.57 bits per heavy atom. The first kappa shape index (κ1) is 21.2. The molecular formula is C22H34FN3O2. The van der Waals surface area contributed by atoms with Crippen molar-refractivity contribution in [1.82, 2.24) is 14.7 Å². The Labute approximate surface area is 168 Å². The standard InChI is InChI=1S/C22H34FN3O2/c1-24(2)17-22(27)26(16-20-7-5-13-28-20)14-18-9-11-25(12-10-18)15-19-6-3-4-8-21(19)23/h3-4,6,8,18,20H,5,7,9-17H2,1-2H3. The van der Waals surface area contributed by atoms with Gasteiger partial charge >= 0.3 is 0 Å². The second kappa shape index (κ2) is 10.3. The normalized spacial score (nSPS) is 21.4. The number of ether oxygens (including phenoxy) is 1. The Kier molecular flexibility index (Phi) is 7.82. The van der Waals surface area contributed by atoms with Crippen molar-refractivity contribution < 1.29 is 13.9 Å². The SMILES string of the molecule is CN(C)CC(=O)N(CC1CCN(Cc2ccccc2F)CC1)CC1CCCO1. The summed E-state index contributed by atoms with van der Waals surface area (Å²) in [6.45, 7) is 5.34. The van der Waals surface area contributed by atoms with Crippen LogP contribution in [0.25, 0.3) is 0 Å². The minimum absolute atomic E-state index is 0.123. The quantitative estimate of drug-likeness (QED) is 0.683. The zero-order valence-corrected chi connectivity index (χ0v) is 17.3. The molecule has 2 heterocycles. The molecule has 1 aromatic carbocycles. The summed E-state index contributed by atoms with van der Waals surface area (Å²) in [5, 5.41) is 0. The molecule has 0 aromatic heterocycles. The molecule has 0 N–H and O–H groups in total. The van der Waals surface area contributed by atoms with Crippen molar-refractivity contribution in [2.75, 3.05) is 53.4 Å². The van der Waals surface area contributed by atoms with Gasteiger partial charge in [0.2, 0.25) is 5.91 Å². The number of rotatable bonds is 8. The Morgan fingerprint density at radius 1 is 1.18 bits per heavy atom. The Balaban J connectivity index is 1.50. The van der Waals surface area contributed by atoms with Crippen molar-refractivity contribution in [3.63, 3.8) is 0 Å². The highest BCUT2D eigenvalue weighted by atomic mass is 19.1. The van der Waals surface area contributed by atoms with E-state index in [1.165, 1.54) is 6.07 Å². The predicted octanol–water partition coefficient (Wildman–Crippen LogP) is 2.61. The van der Waals surface area contributed by atoms with Crippen molar-refractivity contribution in [3.8, 4) is 0 Å². The first-order chi connectivity index (χ1) is 13.5. The van der Waals surface area contributed by atoms with Crippen LogP contribution in [0.2, 0.25) is 0 Å². The van der Waals surface area contributed by atoms with E-state index in [4.69, 9.17) is 4.74 Å². The van der Waals surface area contributed by atoms with E-state index in [2.05, 4.69) is 4.90 Å². The van der Waals surface area contributed by atoms with Gasteiger partial charge in [-0.15, -0.1) is 0 Å². The van der Waals surface area contributed by atoms with Gasteiger partial charge in [0, 0.05) is 31.8 Å². The van der Waals surface area contributed by atoms with Gasteiger partial charge in [-0.25, -0.2) is 4.39 Å². The summed E-state index contributed by atoms with van der Waals surface area (Å²) in [5.41, 5.74) is 0.766.